The van der Waals surface area contributed by atoms with Crippen molar-refractivity contribution in [1.82, 2.24) is 9.88 Å². The van der Waals surface area contributed by atoms with Gasteiger partial charge in [-0.15, -0.1) is 0 Å². The lowest BCUT2D eigenvalue weighted by Gasteiger charge is -2.36. The molecule has 1 saturated heterocycles. The largest absolute Gasteiger partial charge is 0.444 e. The van der Waals surface area contributed by atoms with Gasteiger partial charge in [0.05, 0.1) is 5.02 Å². The third kappa shape index (κ3) is 4.75. The highest BCUT2D eigenvalue weighted by molar-refractivity contribution is 9.10. The molecule has 1 aliphatic rings. The Kier molecular flexibility index (Phi) is 6.15. The van der Waals surface area contributed by atoms with Gasteiger partial charge in [-0.2, -0.15) is 0 Å². The summed E-state index contributed by atoms with van der Waals surface area (Å²) in [4.78, 5) is 20.8. The highest BCUT2D eigenvalue weighted by Crippen LogP contribution is 2.35. The Morgan fingerprint density at radius 3 is 2.71 bits per heavy atom. The van der Waals surface area contributed by atoms with Crippen LogP contribution in [0.1, 0.15) is 33.6 Å². The number of likely N-dealkylation sites (tertiary alicyclic amines) is 1. The lowest BCUT2D eigenvalue weighted by Crippen LogP contribution is -2.47. The van der Waals surface area contributed by atoms with E-state index in [1.165, 1.54) is 6.07 Å². The van der Waals surface area contributed by atoms with E-state index in [0.717, 1.165) is 17.3 Å². The molecule has 1 atom stereocenters. The maximum Gasteiger partial charge on any atom is 0.411 e. The zero-order chi connectivity index (χ0) is 20.5. The Morgan fingerprint density at radius 1 is 1.36 bits per heavy atom. The summed E-state index contributed by atoms with van der Waals surface area (Å²) in [5.74, 6) is 0.135. The van der Waals surface area contributed by atoms with E-state index in [4.69, 9.17) is 16.3 Å². The molecule has 1 aromatic heterocycles. The predicted octanol–water partition coefficient (Wildman–Crippen LogP) is 6.13. The SMILES string of the molecule is CC(C)(C)OC(=O)N1CCCC1N(c1ccc(F)c(Cl)c1)c1ccc(Br)cn1. The van der Waals surface area contributed by atoms with Gasteiger partial charge < -0.3 is 9.64 Å². The van der Waals surface area contributed by atoms with Crippen LogP contribution < -0.4 is 4.90 Å². The topological polar surface area (TPSA) is 45.7 Å². The number of benzene rings is 1. The molecule has 1 aromatic carbocycles. The lowest BCUT2D eigenvalue weighted by atomic mass is 10.2. The van der Waals surface area contributed by atoms with Crippen molar-refractivity contribution in [1.29, 1.82) is 0 Å². The van der Waals surface area contributed by atoms with Crippen molar-refractivity contribution in [2.45, 2.75) is 45.4 Å². The zero-order valence-electron chi connectivity index (χ0n) is 16.0. The molecule has 0 bridgehead atoms. The predicted molar refractivity (Wildman–Crippen MR) is 111 cm³/mol. The summed E-state index contributed by atoms with van der Waals surface area (Å²) >= 11 is 9.42. The first-order chi connectivity index (χ1) is 13.2. The zero-order valence-corrected chi connectivity index (χ0v) is 18.3. The molecule has 3 rings (SSSR count). The first-order valence-electron chi connectivity index (χ1n) is 9.01. The van der Waals surface area contributed by atoms with E-state index in [1.54, 1.807) is 23.2 Å². The molecule has 0 N–H and O–H groups in total. The fraction of sp³-hybridized carbons (Fsp3) is 0.400. The van der Waals surface area contributed by atoms with E-state index in [1.807, 2.05) is 37.8 Å². The van der Waals surface area contributed by atoms with Crippen molar-refractivity contribution in [3.05, 3.63) is 51.8 Å². The summed E-state index contributed by atoms with van der Waals surface area (Å²) in [6.07, 6.45) is 2.54. The molecule has 1 aliphatic heterocycles. The Hall–Kier alpha value is -1.86. The normalized spacial score (nSPS) is 16.9. The van der Waals surface area contributed by atoms with Gasteiger partial charge in [-0.1, -0.05) is 11.6 Å². The molecule has 0 radical (unpaired) electrons. The molecule has 0 saturated carbocycles. The fourth-order valence-electron chi connectivity index (χ4n) is 3.15. The highest BCUT2D eigenvalue weighted by Gasteiger charge is 2.37. The first-order valence-corrected chi connectivity index (χ1v) is 10.2. The summed E-state index contributed by atoms with van der Waals surface area (Å²) in [5, 5.41) is 0.0152. The monoisotopic (exact) mass is 469 g/mol. The van der Waals surface area contributed by atoms with Gasteiger partial charge in [0.2, 0.25) is 0 Å². The van der Waals surface area contributed by atoms with Crippen molar-refractivity contribution in [3.63, 3.8) is 0 Å². The first kappa shape index (κ1) is 20.9. The van der Waals surface area contributed by atoms with Crippen LogP contribution in [0, 0.1) is 5.82 Å². The third-order valence-corrected chi connectivity index (χ3v) is 5.05. The number of anilines is 2. The van der Waals surface area contributed by atoms with Gasteiger partial charge in [0, 0.05) is 22.9 Å². The molecular formula is C20H22BrClFN3O2. The summed E-state index contributed by atoms with van der Waals surface area (Å²) in [5.41, 5.74) is 0.0612. The summed E-state index contributed by atoms with van der Waals surface area (Å²) < 4.78 is 20.1. The Balaban J connectivity index is 2.01. The number of pyridine rings is 1. The minimum atomic E-state index is -0.593. The molecule has 28 heavy (non-hydrogen) atoms. The minimum absolute atomic E-state index is 0.0152. The number of carbonyl (C=O) groups excluding carboxylic acids is 1. The number of hydrogen-bond donors (Lipinski definition) is 0. The van der Waals surface area contributed by atoms with Crippen molar-refractivity contribution in [2.75, 3.05) is 11.4 Å². The number of hydrogen-bond acceptors (Lipinski definition) is 4. The number of carbonyl (C=O) groups is 1. The molecule has 8 heteroatoms. The smallest absolute Gasteiger partial charge is 0.411 e. The number of amides is 1. The van der Waals surface area contributed by atoms with E-state index < -0.39 is 11.4 Å². The molecular weight excluding hydrogens is 449 g/mol. The summed E-state index contributed by atoms with van der Waals surface area (Å²) in [6, 6.07) is 8.21. The van der Waals surface area contributed by atoms with Crippen LogP contribution in [-0.4, -0.2) is 34.3 Å². The van der Waals surface area contributed by atoms with Gasteiger partial charge in [-0.3, -0.25) is 4.90 Å². The van der Waals surface area contributed by atoms with Gasteiger partial charge in [0.15, 0.2) is 0 Å². The number of nitrogens with zero attached hydrogens (tertiary/aromatic N) is 3. The number of aromatic nitrogens is 1. The van der Waals surface area contributed by atoms with E-state index in [2.05, 4.69) is 20.9 Å². The maximum absolute atomic E-state index is 13.7. The Bertz CT molecular complexity index is 858. The summed E-state index contributed by atoms with van der Waals surface area (Å²) in [7, 11) is 0. The lowest BCUT2D eigenvalue weighted by molar-refractivity contribution is 0.0230. The number of ether oxygens (including phenoxy) is 1. The second kappa shape index (κ2) is 8.25. The molecule has 150 valence electrons. The number of halogens is 3. The Morgan fingerprint density at radius 2 is 2.11 bits per heavy atom. The second-order valence-electron chi connectivity index (χ2n) is 7.60. The standard InChI is InChI=1S/C20H22BrClFN3O2/c1-20(2,3)28-19(27)25-10-4-5-18(25)26(17-9-6-13(21)12-24-17)14-7-8-16(23)15(22)11-14/h6-9,11-12,18H,4-5,10H2,1-3H3. The van der Waals surface area contributed by atoms with Crippen molar-refractivity contribution in [2.24, 2.45) is 0 Å². The van der Waals surface area contributed by atoms with Crippen molar-refractivity contribution >= 4 is 45.1 Å². The van der Waals surface area contributed by atoms with E-state index in [-0.39, 0.29) is 17.3 Å². The minimum Gasteiger partial charge on any atom is -0.444 e. The number of rotatable bonds is 3. The molecule has 2 heterocycles. The van der Waals surface area contributed by atoms with Crippen molar-refractivity contribution in [3.8, 4) is 0 Å². The molecule has 1 fully saturated rings. The average molecular weight is 471 g/mol. The van der Waals surface area contributed by atoms with E-state index in [0.29, 0.717) is 18.1 Å². The maximum atomic E-state index is 13.7. The van der Waals surface area contributed by atoms with Gasteiger partial charge in [-0.25, -0.2) is 14.2 Å². The second-order valence-corrected chi connectivity index (χ2v) is 8.92. The van der Waals surface area contributed by atoms with Crippen LogP contribution in [0.4, 0.5) is 20.7 Å². The molecule has 1 unspecified atom stereocenters. The Labute approximate surface area is 177 Å². The van der Waals surface area contributed by atoms with Crippen LogP contribution in [0.5, 0.6) is 0 Å². The average Bonchev–Trinajstić information content (AvgIpc) is 3.08. The van der Waals surface area contributed by atoms with Crippen LogP contribution in [0.15, 0.2) is 41.0 Å². The molecule has 0 aliphatic carbocycles. The fourth-order valence-corrected chi connectivity index (χ4v) is 3.56. The van der Waals surface area contributed by atoms with Gasteiger partial charge in [0.1, 0.15) is 23.4 Å². The van der Waals surface area contributed by atoms with Gasteiger partial charge in [-0.05, 0) is 79.9 Å². The molecule has 5 nitrogen and oxygen atoms in total. The van der Waals surface area contributed by atoms with Gasteiger partial charge >= 0.3 is 6.09 Å². The molecule has 0 spiro atoms. The van der Waals surface area contributed by atoms with Crippen LogP contribution in [0.2, 0.25) is 5.02 Å². The van der Waals surface area contributed by atoms with Gasteiger partial charge in [0.25, 0.3) is 0 Å². The van der Waals surface area contributed by atoms with Crippen LogP contribution >= 0.6 is 27.5 Å². The third-order valence-electron chi connectivity index (χ3n) is 4.29. The van der Waals surface area contributed by atoms with Crippen LogP contribution in [-0.2, 0) is 4.74 Å². The summed E-state index contributed by atoms with van der Waals surface area (Å²) in [6.45, 7) is 6.08. The molecule has 1 amide bonds. The quantitative estimate of drug-likeness (QED) is 0.541. The van der Waals surface area contributed by atoms with Crippen LogP contribution in [0.25, 0.3) is 0 Å². The van der Waals surface area contributed by atoms with Crippen LogP contribution in [0.3, 0.4) is 0 Å². The van der Waals surface area contributed by atoms with E-state index >= 15 is 0 Å². The highest BCUT2D eigenvalue weighted by atomic mass is 79.9. The van der Waals surface area contributed by atoms with E-state index in [9.17, 15) is 9.18 Å². The molecule has 2 aromatic rings. The van der Waals surface area contributed by atoms with Crippen molar-refractivity contribution < 1.29 is 13.9 Å².